The van der Waals surface area contributed by atoms with Crippen molar-refractivity contribution in [3.05, 3.63) is 18.3 Å². The third kappa shape index (κ3) is 1.63. The van der Waals surface area contributed by atoms with E-state index < -0.39 is 0 Å². The topological polar surface area (TPSA) is 29.0 Å². The van der Waals surface area contributed by atoms with Gasteiger partial charge in [0.15, 0.2) is 11.6 Å². The zero-order valence-electron chi connectivity index (χ0n) is 6.58. The maximum absolute atomic E-state index is 12.9. The summed E-state index contributed by atoms with van der Waals surface area (Å²) in [4.78, 5) is 9.06. The Hall–Kier alpha value is -1.19. The van der Waals surface area contributed by atoms with Crippen molar-refractivity contribution in [1.29, 1.82) is 0 Å². The summed E-state index contributed by atoms with van der Waals surface area (Å²) in [5.74, 6) is -0.0284. The fraction of sp³-hybridized carbons (Fsp3) is 0.429. The number of hydrogen-bond acceptors (Lipinski definition) is 3. The molecule has 60 valence electrons. The highest BCUT2D eigenvalue weighted by molar-refractivity contribution is 5.36. The molecule has 0 aliphatic heterocycles. The van der Waals surface area contributed by atoms with E-state index in [0.29, 0.717) is 5.82 Å². The quantitative estimate of drug-likeness (QED) is 0.639. The van der Waals surface area contributed by atoms with Gasteiger partial charge in [0.25, 0.3) is 0 Å². The van der Waals surface area contributed by atoms with Crippen LogP contribution in [-0.4, -0.2) is 23.6 Å². The van der Waals surface area contributed by atoms with Gasteiger partial charge in [-0.15, -0.1) is 0 Å². The molecule has 0 atom stereocenters. The smallest absolute Gasteiger partial charge is 0.183 e. The SMILES string of the molecule is CCN(C)c1ncncc1F. The van der Waals surface area contributed by atoms with Gasteiger partial charge >= 0.3 is 0 Å². The predicted molar refractivity (Wildman–Crippen MR) is 40.9 cm³/mol. The van der Waals surface area contributed by atoms with E-state index in [0.717, 1.165) is 12.7 Å². The van der Waals surface area contributed by atoms with Crippen molar-refractivity contribution in [3.8, 4) is 0 Å². The van der Waals surface area contributed by atoms with E-state index in [2.05, 4.69) is 9.97 Å². The zero-order chi connectivity index (χ0) is 8.27. The van der Waals surface area contributed by atoms with Crippen LogP contribution in [0.1, 0.15) is 6.92 Å². The summed E-state index contributed by atoms with van der Waals surface area (Å²) in [7, 11) is 1.78. The number of nitrogens with zero attached hydrogens (tertiary/aromatic N) is 3. The van der Waals surface area contributed by atoms with Crippen molar-refractivity contribution in [2.45, 2.75) is 6.92 Å². The number of rotatable bonds is 2. The van der Waals surface area contributed by atoms with E-state index >= 15 is 0 Å². The molecule has 0 amide bonds. The molecule has 3 nitrogen and oxygen atoms in total. The van der Waals surface area contributed by atoms with Crippen molar-refractivity contribution in [3.63, 3.8) is 0 Å². The van der Waals surface area contributed by atoms with Gasteiger partial charge in [-0.2, -0.15) is 0 Å². The Labute approximate surface area is 64.9 Å². The lowest BCUT2D eigenvalue weighted by atomic mass is 10.5. The second kappa shape index (κ2) is 3.27. The number of halogens is 1. The lowest BCUT2D eigenvalue weighted by Gasteiger charge is -2.14. The minimum absolute atomic E-state index is 0.350. The van der Waals surface area contributed by atoms with Crippen LogP contribution in [0.3, 0.4) is 0 Å². The standard InChI is InChI=1S/C7H10FN3/c1-3-11(2)7-6(8)4-9-5-10-7/h4-5H,3H2,1-2H3. The Kier molecular flexibility index (Phi) is 2.36. The maximum Gasteiger partial charge on any atom is 0.183 e. The fourth-order valence-corrected chi connectivity index (χ4v) is 0.737. The molecule has 0 fully saturated rings. The van der Waals surface area contributed by atoms with Crippen LogP contribution in [0.5, 0.6) is 0 Å². The molecule has 0 unspecified atom stereocenters. The highest BCUT2D eigenvalue weighted by Crippen LogP contribution is 2.10. The molecule has 0 saturated carbocycles. The average Bonchev–Trinajstić information content (AvgIpc) is 2.04. The van der Waals surface area contributed by atoms with Crippen LogP contribution in [-0.2, 0) is 0 Å². The normalized spacial score (nSPS) is 9.73. The molecule has 1 rings (SSSR count). The molecule has 0 radical (unpaired) electrons. The van der Waals surface area contributed by atoms with Gasteiger partial charge in [0.2, 0.25) is 0 Å². The molecule has 0 aliphatic rings. The molecule has 0 spiro atoms. The maximum atomic E-state index is 12.9. The third-order valence-electron chi connectivity index (χ3n) is 1.48. The Morgan fingerprint density at radius 1 is 1.64 bits per heavy atom. The minimum atomic E-state index is -0.378. The lowest BCUT2D eigenvalue weighted by molar-refractivity contribution is 0.608. The molecule has 0 aliphatic carbocycles. The van der Waals surface area contributed by atoms with E-state index in [1.807, 2.05) is 6.92 Å². The molecule has 11 heavy (non-hydrogen) atoms. The first kappa shape index (κ1) is 7.91. The number of hydrogen-bond donors (Lipinski definition) is 0. The van der Waals surface area contributed by atoms with Gasteiger partial charge in [-0.25, -0.2) is 14.4 Å². The van der Waals surface area contributed by atoms with E-state index in [-0.39, 0.29) is 5.82 Å². The van der Waals surface area contributed by atoms with E-state index in [9.17, 15) is 4.39 Å². The first-order valence-electron chi connectivity index (χ1n) is 3.42. The predicted octanol–water partition coefficient (Wildman–Crippen LogP) is 1.07. The monoisotopic (exact) mass is 155 g/mol. The summed E-state index contributed by atoms with van der Waals surface area (Å²) in [6.45, 7) is 2.66. The molecule has 0 aromatic carbocycles. The first-order valence-corrected chi connectivity index (χ1v) is 3.42. The van der Waals surface area contributed by atoms with Gasteiger partial charge in [0.1, 0.15) is 6.33 Å². The second-order valence-corrected chi connectivity index (χ2v) is 2.21. The van der Waals surface area contributed by atoms with Crippen molar-refractivity contribution in [2.75, 3.05) is 18.5 Å². The van der Waals surface area contributed by atoms with Crippen LogP contribution in [0.15, 0.2) is 12.5 Å². The highest BCUT2D eigenvalue weighted by atomic mass is 19.1. The van der Waals surface area contributed by atoms with Crippen LogP contribution in [0.2, 0.25) is 0 Å². The molecule has 1 aromatic heterocycles. The van der Waals surface area contributed by atoms with E-state index in [1.54, 1.807) is 11.9 Å². The second-order valence-electron chi connectivity index (χ2n) is 2.21. The summed E-state index contributed by atoms with van der Waals surface area (Å²) in [6.07, 6.45) is 2.50. The largest absolute Gasteiger partial charge is 0.357 e. The van der Waals surface area contributed by atoms with Gasteiger partial charge < -0.3 is 4.90 Å². The summed E-state index contributed by atoms with van der Waals surface area (Å²) < 4.78 is 12.9. The zero-order valence-corrected chi connectivity index (χ0v) is 6.58. The Morgan fingerprint density at radius 3 is 2.91 bits per heavy atom. The van der Waals surface area contributed by atoms with Crippen LogP contribution in [0.25, 0.3) is 0 Å². The van der Waals surface area contributed by atoms with E-state index in [4.69, 9.17) is 0 Å². The van der Waals surface area contributed by atoms with Crippen molar-refractivity contribution >= 4 is 5.82 Å². The average molecular weight is 155 g/mol. The number of anilines is 1. The Morgan fingerprint density at radius 2 is 2.36 bits per heavy atom. The van der Waals surface area contributed by atoms with E-state index in [1.165, 1.54) is 6.33 Å². The summed E-state index contributed by atoms with van der Waals surface area (Å²) in [5.41, 5.74) is 0. The van der Waals surface area contributed by atoms with Crippen LogP contribution < -0.4 is 4.90 Å². The lowest BCUT2D eigenvalue weighted by Crippen LogP contribution is -2.18. The van der Waals surface area contributed by atoms with Gasteiger partial charge in [0.05, 0.1) is 6.20 Å². The van der Waals surface area contributed by atoms with Gasteiger partial charge in [0, 0.05) is 13.6 Å². The van der Waals surface area contributed by atoms with Gasteiger partial charge in [-0.1, -0.05) is 0 Å². The van der Waals surface area contributed by atoms with Crippen LogP contribution >= 0.6 is 0 Å². The Balaban J connectivity index is 2.93. The number of aromatic nitrogens is 2. The molecule has 4 heteroatoms. The van der Waals surface area contributed by atoms with Gasteiger partial charge in [-0.3, -0.25) is 0 Å². The molecule has 1 heterocycles. The van der Waals surface area contributed by atoms with Crippen LogP contribution in [0.4, 0.5) is 10.2 Å². The summed E-state index contributed by atoms with van der Waals surface area (Å²) >= 11 is 0. The van der Waals surface area contributed by atoms with Crippen molar-refractivity contribution in [1.82, 2.24) is 9.97 Å². The first-order chi connectivity index (χ1) is 5.25. The third-order valence-corrected chi connectivity index (χ3v) is 1.48. The molecular formula is C7H10FN3. The van der Waals surface area contributed by atoms with Crippen LogP contribution in [0, 0.1) is 5.82 Å². The molecule has 1 aromatic rings. The van der Waals surface area contributed by atoms with Crippen molar-refractivity contribution in [2.24, 2.45) is 0 Å². The van der Waals surface area contributed by atoms with Crippen molar-refractivity contribution < 1.29 is 4.39 Å². The molecule has 0 N–H and O–H groups in total. The highest BCUT2D eigenvalue weighted by Gasteiger charge is 2.05. The molecular weight excluding hydrogens is 145 g/mol. The summed E-state index contributed by atoms with van der Waals surface area (Å²) in [5, 5.41) is 0. The van der Waals surface area contributed by atoms with Gasteiger partial charge in [-0.05, 0) is 6.92 Å². The minimum Gasteiger partial charge on any atom is -0.357 e. The molecule has 0 saturated heterocycles. The fourth-order valence-electron chi connectivity index (χ4n) is 0.737. The Bertz CT molecular complexity index is 239. The summed E-state index contributed by atoms with van der Waals surface area (Å²) in [6, 6.07) is 0. The molecule has 0 bridgehead atoms.